The molecule has 6 heteroatoms. The molecule has 0 saturated carbocycles. The number of H-pyrrole nitrogens is 1. The molecule has 0 aliphatic carbocycles. The number of nitrogens with two attached hydrogens (primary N) is 1. The molecule has 0 fully saturated rings. The van der Waals surface area contributed by atoms with Gasteiger partial charge in [0.15, 0.2) is 5.88 Å². The summed E-state index contributed by atoms with van der Waals surface area (Å²) in [5, 5.41) is 9.87. The van der Waals surface area contributed by atoms with E-state index in [1.807, 2.05) is 0 Å². The Balaban J connectivity index is 2.32. The van der Waals surface area contributed by atoms with Gasteiger partial charge in [0.2, 0.25) is 0 Å². The maximum absolute atomic E-state index is 13.7. The number of nitrogen functional groups attached to an aromatic ring is 1. The molecule has 0 amide bonds. The Hall–Kier alpha value is -2.63. The first-order valence-electron chi connectivity index (χ1n) is 5.49. The summed E-state index contributed by atoms with van der Waals surface area (Å²) in [5.41, 5.74) is 6.16. The molecular weight excluding hydrogens is 252 g/mol. The number of hydrogen-bond acceptors (Lipinski definition) is 3. The Morgan fingerprint density at radius 3 is 2.58 bits per heavy atom. The minimum atomic E-state index is -0.717. The minimum absolute atomic E-state index is 0.0830. The molecule has 0 aliphatic rings. The van der Waals surface area contributed by atoms with E-state index in [2.05, 4.69) is 9.97 Å². The van der Waals surface area contributed by atoms with Crippen molar-refractivity contribution in [3.63, 3.8) is 0 Å². The number of benzene rings is 1. The molecule has 2 aromatic heterocycles. The van der Waals surface area contributed by atoms with Crippen LogP contribution in [0, 0.1) is 11.6 Å². The van der Waals surface area contributed by atoms with Crippen molar-refractivity contribution in [1.29, 1.82) is 0 Å². The first-order chi connectivity index (χ1) is 9.08. The molecule has 0 bridgehead atoms. The number of pyridine rings is 1. The zero-order valence-corrected chi connectivity index (χ0v) is 9.61. The summed E-state index contributed by atoms with van der Waals surface area (Å²) < 4.78 is 27.4. The van der Waals surface area contributed by atoms with Crippen molar-refractivity contribution in [2.75, 3.05) is 5.73 Å². The van der Waals surface area contributed by atoms with Crippen LogP contribution < -0.4 is 5.73 Å². The van der Waals surface area contributed by atoms with Crippen LogP contribution in [0.5, 0.6) is 5.88 Å². The van der Waals surface area contributed by atoms with Crippen LogP contribution in [0.4, 0.5) is 14.5 Å². The molecular formula is C13H9F2N3O. The summed E-state index contributed by atoms with van der Waals surface area (Å²) in [5.74, 6) is -1.56. The molecule has 1 aromatic carbocycles. The average molecular weight is 261 g/mol. The number of anilines is 1. The lowest BCUT2D eigenvalue weighted by Gasteiger charge is -2.06. The second kappa shape index (κ2) is 3.94. The van der Waals surface area contributed by atoms with E-state index in [0.717, 1.165) is 12.1 Å². The fourth-order valence-electron chi connectivity index (χ4n) is 2.03. The molecule has 0 aliphatic heterocycles. The topological polar surface area (TPSA) is 74.9 Å². The number of hydrogen-bond donors (Lipinski definition) is 3. The molecule has 19 heavy (non-hydrogen) atoms. The third-order valence-corrected chi connectivity index (χ3v) is 2.88. The van der Waals surface area contributed by atoms with Crippen LogP contribution >= 0.6 is 0 Å². The Bertz CT molecular complexity index is 763. The van der Waals surface area contributed by atoms with Crippen molar-refractivity contribution < 1.29 is 13.9 Å². The number of aromatic hydroxyl groups is 1. The van der Waals surface area contributed by atoms with Gasteiger partial charge in [-0.25, -0.2) is 13.8 Å². The Morgan fingerprint density at radius 1 is 1.21 bits per heavy atom. The number of aromatic amines is 1. The summed E-state index contributed by atoms with van der Waals surface area (Å²) in [7, 11) is 0. The number of aromatic nitrogens is 2. The van der Waals surface area contributed by atoms with Crippen LogP contribution in [0.3, 0.4) is 0 Å². The summed E-state index contributed by atoms with van der Waals surface area (Å²) in [6.45, 7) is 0. The molecule has 0 spiro atoms. The predicted octanol–water partition coefficient (Wildman–Crippen LogP) is 2.80. The van der Waals surface area contributed by atoms with Crippen LogP contribution in [0.2, 0.25) is 0 Å². The first-order valence-corrected chi connectivity index (χ1v) is 5.49. The molecule has 3 aromatic rings. The number of nitrogens with one attached hydrogen (secondary N) is 1. The highest BCUT2D eigenvalue weighted by molar-refractivity contribution is 5.96. The lowest BCUT2D eigenvalue weighted by molar-refractivity contribution is 0.463. The van der Waals surface area contributed by atoms with Gasteiger partial charge in [-0.15, -0.1) is 0 Å². The van der Waals surface area contributed by atoms with E-state index in [-0.39, 0.29) is 22.8 Å². The summed E-state index contributed by atoms with van der Waals surface area (Å²) in [6.07, 6.45) is 1.42. The van der Waals surface area contributed by atoms with Crippen molar-refractivity contribution in [1.82, 2.24) is 9.97 Å². The van der Waals surface area contributed by atoms with Gasteiger partial charge < -0.3 is 15.8 Å². The number of fused-ring (bicyclic) bond motifs is 1. The maximum Gasteiger partial charge on any atom is 0.200 e. The Morgan fingerprint density at radius 2 is 1.89 bits per heavy atom. The van der Waals surface area contributed by atoms with Crippen LogP contribution in [-0.4, -0.2) is 15.1 Å². The molecule has 0 atom stereocenters. The first kappa shape index (κ1) is 11.5. The van der Waals surface area contributed by atoms with E-state index in [0.29, 0.717) is 10.9 Å². The van der Waals surface area contributed by atoms with Gasteiger partial charge in [-0.05, 0) is 18.2 Å². The number of nitrogens with zero attached hydrogens (tertiary/aromatic N) is 1. The molecule has 96 valence electrons. The molecule has 3 rings (SSSR count). The smallest absolute Gasteiger partial charge is 0.200 e. The number of halogens is 2. The quantitative estimate of drug-likeness (QED) is 0.630. The van der Waals surface area contributed by atoms with Gasteiger partial charge in [0, 0.05) is 11.9 Å². The normalized spacial score (nSPS) is 11.1. The standard InChI is InChI=1S/C13H9F2N3O/c14-6-2-1-3-7(15)11(6)9-4-8(16)12-10(18-9)5-17-13(12)19/h1-5,17,19H,16H2. The van der Waals surface area contributed by atoms with Gasteiger partial charge in [-0.2, -0.15) is 0 Å². The zero-order chi connectivity index (χ0) is 13.6. The van der Waals surface area contributed by atoms with E-state index in [1.54, 1.807) is 0 Å². The van der Waals surface area contributed by atoms with Crippen molar-refractivity contribution in [2.45, 2.75) is 0 Å². The summed E-state index contributed by atoms with van der Waals surface area (Å²) in [6, 6.07) is 4.90. The summed E-state index contributed by atoms with van der Waals surface area (Å²) in [4.78, 5) is 6.65. The van der Waals surface area contributed by atoms with Gasteiger partial charge >= 0.3 is 0 Å². The van der Waals surface area contributed by atoms with E-state index in [4.69, 9.17) is 5.73 Å². The van der Waals surface area contributed by atoms with Crippen LogP contribution in [0.25, 0.3) is 22.2 Å². The van der Waals surface area contributed by atoms with Crippen LogP contribution in [0.15, 0.2) is 30.5 Å². The molecule has 0 radical (unpaired) electrons. The van der Waals surface area contributed by atoms with Gasteiger partial charge in [0.1, 0.15) is 11.6 Å². The van der Waals surface area contributed by atoms with Gasteiger partial charge in [0.25, 0.3) is 0 Å². The van der Waals surface area contributed by atoms with E-state index in [1.165, 1.54) is 18.3 Å². The lowest BCUT2D eigenvalue weighted by Crippen LogP contribution is -1.95. The fourth-order valence-corrected chi connectivity index (χ4v) is 2.03. The average Bonchev–Trinajstić information content (AvgIpc) is 2.71. The molecule has 2 heterocycles. The predicted molar refractivity (Wildman–Crippen MR) is 67.5 cm³/mol. The third-order valence-electron chi connectivity index (χ3n) is 2.88. The van der Waals surface area contributed by atoms with Gasteiger partial charge in [-0.1, -0.05) is 6.07 Å². The fraction of sp³-hybridized carbons (Fsp3) is 0. The Kier molecular flexibility index (Phi) is 2.38. The largest absolute Gasteiger partial charge is 0.494 e. The van der Waals surface area contributed by atoms with E-state index < -0.39 is 11.6 Å². The van der Waals surface area contributed by atoms with Crippen molar-refractivity contribution in [3.05, 3.63) is 42.1 Å². The Labute approximate surface area is 106 Å². The van der Waals surface area contributed by atoms with Crippen molar-refractivity contribution in [2.24, 2.45) is 0 Å². The molecule has 4 N–H and O–H groups in total. The molecule has 0 saturated heterocycles. The molecule has 4 nitrogen and oxygen atoms in total. The SMILES string of the molecule is Nc1cc(-c2c(F)cccc2F)nc2c[nH]c(O)c12. The molecule has 0 unspecified atom stereocenters. The lowest BCUT2D eigenvalue weighted by atomic mass is 10.1. The highest BCUT2D eigenvalue weighted by atomic mass is 19.1. The maximum atomic E-state index is 13.7. The van der Waals surface area contributed by atoms with Gasteiger partial charge in [0.05, 0.1) is 22.2 Å². The van der Waals surface area contributed by atoms with E-state index >= 15 is 0 Å². The number of rotatable bonds is 1. The van der Waals surface area contributed by atoms with E-state index in [9.17, 15) is 13.9 Å². The minimum Gasteiger partial charge on any atom is -0.494 e. The highest BCUT2D eigenvalue weighted by Gasteiger charge is 2.16. The monoisotopic (exact) mass is 261 g/mol. The second-order valence-corrected chi connectivity index (χ2v) is 4.09. The van der Waals surface area contributed by atoms with Crippen molar-refractivity contribution in [3.8, 4) is 17.1 Å². The van der Waals surface area contributed by atoms with Crippen LogP contribution in [0.1, 0.15) is 0 Å². The second-order valence-electron chi connectivity index (χ2n) is 4.09. The highest BCUT2D eigenvalue weighted by Crippen LogP contribution is 2.33. The van der Waals surface area contributed by atoms with Gasteiger partial charge in [-0.3, -0.25) is 0 Å². The third kappa shape index (κ3) is 1.69. The van der Waals surface area contributed by atoms with Crippen molar-refractivity contribution >= 4 is 16.6 Å². The zero-order valence-electron chi connectivity index (χ0n) is 9.61. The summed E-state index contributed by atoms with van der Waals surface area (Å²) >= 11 is 0. The van der Waals surface area contributed by atoms with Crippen LogP contribution in [-0.2, 0) is 0 Å².